The minimum absolute atomic E-state index is 0.120. The smallest absolute Gasteiger partial charge is 0.233 e. The Morgan fingerprint density at radius 2 is 1.71 bits per heavy atom. The van der Waals surface area contributed by atoms with Gasteiger partial charge in [0.15, 0.2) is 0 Å². The van der Waals surface area contributed by atoms with Crippen molar-refractivity contribution in [1.29, 1.82) is 0 Å². The molecule has 0 aromatic heterocycles. The summed E-state index contributed by atoms with van der Waals surface area (Å²) < 4.78 is 0. The first-order chi connectivity index (χ1) is 11.5. The highest BCUT2D eigenvalue weighted by molar-refractivity contribution is 5.78. The van der Waals surface area contributed by atoms with Gasteiger partial charge in [-0.3, -0.25) is 15.0 Å². The standard InChI is InChI=1S/C18H28N4O2/c1-14(2)15-6-8-16(9-7-15)21-10-12-22(13-11-21)18(24)5-3-4-17(23)20-19/h6-9,14H,3-5,10-13,19H2,1-2H3,(H,20,23). The Hall–Kier alpha value is -2.08. The molecular formula is C18H28N4O2. The van der Waals surface area contributed by atoms with Gasteiger partial charge in [-0.05, 0) is 30.0 Å². The molecule has 1 fully saturated rings. The molecule has 0 atom stereocenters. The monoisotopic (exact) mass is 332 g/mol. The Balaban J connectivity index is 1.78. The van der Waals surface area contributed by atoms with Gasteiger partial charge in [0.25, 0.3) is 0 Å². The predicted molar refractivity (Wildman–Crippen MR) is 95.5 cm³/mol. The van der Waals surface area contributed by atoms with Gasteiger partial charge in [-0.2, -0.15) is 0 Å². The predicted octanol–water partition coefficient (Wildman–Crippen LogP) is 1.62. The third kappa shape index (κ3) is 4.96. The van der Waals surface area contributed by atoms with Gasteiger partial charge in [0.05, 0.1) is 0 Å². The van der Waals surface area contributed by atoms with Gasteiger partial charge in [0.2, 0.25) is 11.8 Å². The van der Waals surface area contributed by atoms with E-state index in [4.69, 9.17) is 5.84 Å². The molecule has 0 aliphatic carbocycles. The fourth-order valence-electron chi connectivity index (χ4n) is 2.91. The van der Waals surface area contributed by atoms with Gasteiger partial charge in [-0.25, -0.2) is 5.84 Å². The quantitative estimate of drug-likeness (QED) is 0.471. The van der Waals surface area contributed by atoms with Crippen LogP contribution >= 0.6 is 0 Å². The normalized spacial score (nSPS) is 14.8. The molecule has 1 aliphatic rings. The van der Waals surface area contributed by atoms with Crippen LogP contribution in [-0.2, 0) is 9.59 Å². The Bertz CT molecular complexity index is 549. The SMILES string of the molecule is CC(C)c1ccc(N2CCN(C(=O)CCCC(=O)NN)CC2)cc1. The van der Waals surface area contributed by atoms with Gasteiger partial charge >= 0.3 is 0 Å². The van der Waals surface area contributed by atoms with Crippen LogP contribution in [0.2, 0.25) is 0 Å². The second kappa shape index (κ2) is 8.68. The zero-order valence-electron chi connectivity index (χ0n) is 14.6. The Labute approximate surface area is 144 Å². The van der Waals surface area contributed by atoms with Crippen LogP contribution in [0.4, 0.5) is 5.69 Å². The number of carbonyl (C=O) groups is 2. The lowest BCUT2D eigenvalue weighted by Crippen LogP contribution is -2.48. The van der Waals surface area contributed by atoms with Crippen LogP contribution < -0.4 is 16.2 Å². The van der Waals surface area contributed by atoms with E-state index in [1.807, 2.05) is 4.90 Å². The van der Waals surface area contributed by atoms with Crippen molar-refractivity contribution in [1.82, 2.24) is 10.3 Å². The molecule has 24 heavy (non-hydrogen) atoms. The fourth-order valence-corrected chi connectivity index (χ4v) is 2.91. The molecule has 6 heteroatoms. The highest BCUT2D eigenvalue weighted by Crippen LogP contribution is 2.21. The van der Waals surface area contributed by atoms with Crippen LogP contribution in [0.5, 0.6) is 0 Å². The maximum Gasteiger partial charge on any atom is 0.233 e. The van der Waals surface area contributed by atoms with E-state index < -0.39 is 0 Å². The van der Waals surface area contributed by atoms with Crippen molar-refractivity contribution in [2.45, 2.75) is 39.0 Å². The molecule has 1 aromatic rings. The number of nitrogens with zero attached hydrogens (tertiary/aromatic N) is 2. The Kier molecular flexibility index (Phi) is 6.61. The van der Waals surface area contributed by atoms with E-state index in [1.54, 1.807) is 0 Å². The second-order valence-corrected chi connectivity index (χ2v) is 6.54. The molecule has 0 unspecified atom stereocenters. The van der Waals surface area contributed by atoms with Gasteiger partial charge < -0.3 is 9.80 Å². The molecule has 6 nitrogen and oxygen atoms in total. The van der Waals surface area contributed by atoms with Crippen LogP contribution in [0.25, 0.3) is 0 Å². The topological polar surface area (TPSA) is 78.7 Å². The van der Waals surface area contributed by atoms with Crippen LogP contribution in [-0.4, -0.2) is 42.9 Å². The molecule has 0 saturated carbocycles. The van der Waals surface area contributed by atoms with Crippen molar-refractivity contribution in [2.75, 3.05) is 31.1 Å². The van der Waals surface area contributed by atoms with E-state index in [1.165, 1.54) is 11.3 Å². The van der Waals surface area contributed by atoms with E-state index in [2.05, 4.69) is 48.4 Å². The molecule has 1 aromatic carbocycles. The number of anilines is 1. The average Bonchev–Trinajstić information content (AvgIpc) is 2.61. The van der Waals surface area contributed by atoms with Gasteiger partial charge in [-0.1, -0.05) is 26.0 Å². The van der Waals surface area contributed by atoms with Crippen molar-refractivity contribution >= 4 is 17.5 Å². The number of hydrogen-bond donors (Lipinski definition) is 2. The summed E-state index contributed by atoms with van der Waals surface area (Å²) in [5.41, 5.74) is 4.64. The van der Waals surface area contributed by atoms with E-state index in [-0.39, 0.29) is 11.8 Å². The maximum absolute atomic E-state index is 12.2. The van der Waals surface area contributed by atoms with E-state index >= 15 is 0 Å². The highest BCUT2D eigenvalue weighted by Gasteiger charge is 2.21. The minimum atomic E-state index is -0.225. The number of hydrazine groups is 1. The molecule has 1 heterocycles. The van der Waals surface area contributed by atoms with Crippen molar-refractivity contribution in [3.8, 4) is 0 Å². The number of nitrogens with two attached hydrogens (primary N) is 1. The summed E-state index contributed by atoms with van der Waals surface area (Å²) in [4.78, 5) is 27.4. The summed E-state index contributed by atoms with van der Waals surface area (Å²) in [6, 6.07) is 8.69. The molecule has 132 valence electrons. The fraction of sp³-hybridized carbons (Fsp3) is 0.556. The van der Waals surface area contributed by atoms with Crippen LogP contribution in [0.15, 0.2) is 24.3 Å². The van der Waals surface area contributed by atoms with Gasteiger partial charge in [0, 0.05) is 44.7 Å². The lowest BCUT2D eigenvalue weighted by atomic mass is 10.0. The molecule has 2 amide bonds. The summed E-state index contributed by atoms with van der Waals surface area (Å²) in [5, 5.41) is 0. The summed E-state index contributed by atoms with van der Waals surface area (Å²) >= 11 is 0. The number of amides is 2. The first-order valence-electron chi connectivity index (χ1n) is 8.63. The molecule has 0 bridgehead atoms. The second-order valence-electron chi connectivity index (χ2n) is 6.54. The molecule has 1 saturated heterocycles. The van der Waals surface area contributed by atoms with E-state index in [0.717, 1.165) is 26.2 Å². The number of carbonyl (C=O) groups excluding carboxylic acids is 2. The van der Waals surface area contributed by atoms with Crippen molar-refractivity contribution < 1.29 is 9.59 Å². The van der Waals surface area contributed by atoms with E-state index in [9.17, 15) is 9.59 Å². The maximum atomic E-state index is 12.2. The lowest BCUT2D eigenvalue weighted by Gasteiger charge is -2.36. The Morgan fingerprint density at radius 1 is 1.08 bits per heavy atom. The number of hydrogen-bond acceptors (Lipinski definition) is 4. The van der Waals surface area contributed by atoms with Crippen LogP contribution in [0.3, 0.4) is 0 Å². The third-order valence-electron chi connectivity index (χ3n) is 4.51. The summed E-state index contributed by atoms with van der Waals surface area (Å²) in [5.74, 6) is 5.46. The molecule has 1 aliphatic heterocycles. The van der Waals surface area contributed by atoms with Crippen LogP contribution in [0, 0.1) is 0 Å². The summed E-state index contributed by atoms with van der Waals surface area (Å²) in [7, 11) is 0. The van der Waals surface area contributed by atoms with Crippen molar-refractivity contribution in [2.24, 2.45) is 5.84 Å². The average molecular weight is 332 g/mol. The first kappa shape index (κ1) is 18.3. The molecular weight excluding hydrogens is 304 g/mol. The highest BCUT2D eigenvalue weighted by atomic mass is 16.2. The molecule has 0 spiro atoms. The number of piperazine rings is 1. The zero-order chi connectivity index (χ0) is 17.5. The van der Waals surface area contributed by atoms with Gasteiger partial charge in [-0.15, -0.1) is 0 Å². The van der Waals surface area contributed by atoms with Gasteiger partial charge in [0.1, 0.15) is 0 Å². The van der Waals surface area contributed by atoms with Crippen molar-refractivity contribution in [3.63, 3.8) is 0 Å². The zero-order valence-corrected chi connectivity index (χ0v) is 14.6. The third-order valence-corrected chi connectivity index (χ3v) is 4.51. The summed E-state index contributed by atoms with van der Waals surface area (Å²) in [6.07, 6.45) is 1.24. The number of benzene rings is 1. The first-order valence-corrected chi connectivity index (χ1v) is 8.63. The van der Waals surface area contributed by atoms with Crippen molar-refractivity contribution in [3.05, 3.63) is 29.8 Å². The molecule has 0 radical (unpaired) electrons. The van der Waals surface area contributed by atoms with E-state index in [0.29, 0.717) is 25.2 Å². The molecule has 2 rings (SSSR count). The largest absolute Gasteiger partial charge is 0.368 e. The summed E-state index contributed by atoms with van der Waals surface area (Å²) in [6.45, 7) is 7.53. The number of nitrogens with one attached hydrogen (secondary N) is 1. The Morgan fingerprint density at radius 3 is 2.25 bits per heavy atom. The molecule has 3 N–H and O–H groups in total. The lowest BCUT2D eigenvalue weighted by molar-refractivity contribution is -0.131. The minimum Gasteiger partial charge on any atom is -0.368 e. The van der Waals surface area contributed by atoms with Crippen LogP contribution in [0.1, 0.15) is 44.6 Å². The number of rotatable bonds is 6.